The monoisotopic (exact) mass is 402 g/mol. The van der Waals surface area contributed by atoms with Crippen LogP contribution in [-0.4, -0.2) is 23.8 Å². The van der Waals surface area contributed by atoms with Crippen molar-refractivity contribution >= 4 is 34.7 Å². The number of para-hydroxylation sites is 1. The Morgan fingerprint density at radius 3 is 2.00 bits per heavy atom. The summed E-state index contributed by atoms with van der Waals surface area (Å²) in [6.45, 7) is 0.224. The number of imide groups is 1. The van der Waals surface area contributed by atoms with Gasteiger partial charge in [-0.2, -0.15) is 0 Å². The Labute approximate surface area is 174 Å². The lowest BCUT2D eigenvalue weighted by molar-refractivity contribution is -0.137. The quantitative estimate of drug-likeness (QED) is 0.578. The number of nitrogens with zero attached hydrogens (tertiary/aromatic N) is 2. The third kappa shape index (κ3) is 3.67. The maximum absolute atomic E-state index is 13.4. The smallest absolute Gasteiger partial charge is 0.278 e. The Morgan fingerprint density at radius 2 is 1.38 bits per heavy atom. The van der Waals surface area contributed by atoms with E-state index in [0.717, 1.165) is 11.3 Å². The summed E-state index contributed by atoms with van der Waals surface area (Å²) < 4.78 is 0. The number of carbonyl (C=O) groups excluding carboxylic acids is 2. The van der Waals surface area contributed by atoms with Gasteiger partial charge in [-0.1, -0.05) is 72.3 Å². The summed E-state index contributed by atoms with van der Waals surface area (Å²) in [4.78, 5) is 29.8. The summed E-state index contributed by atoms with van der Waals surface area (Å²) in [5.74, 6) is -0.617. The van der Waals surface area contributed by atoms with E-state index in [-0.39, 0.29) is 18.4 Å². The molecule has 2 amide bonds. The summed E-state index contributed by atoms with van der Waals surface area (Å²) in [6, 6.07) is 26.0. The summed E-state index contributed by atoms with van der Waals surface area (Å²) in [5, 5.41) is 0.574. The molecule has 4 nitrogen and oxygen atoms in total. The molecule has 3 aromatic rings. The fraction of sp³-hybridized carbons (Fsp3) is 0.0833. The second-order valence-electron chi connectivity index (χ2n) is 6.81. The first-order valence-electron chi connectivity index (χ1n) is 9.25. The lowest BCUT2D eigenvalue weighted by atomic mass is 10.0. The van der Waals surface area contributed by atoms with Crippen molar-refractivity contribution in [2.45, 2.75) is 6.54 Å². The van der Waals surface area contributed by atoms with Crippen LogP contribution in [-0.2, 0) is 16.1 Å². The van der Waals surface area contributed by atoms with Gasteiger partial charge in [-0.25, -0.2) is 0 Å². The van der Waals surface area contributed by atoms with Gasteiger partial charge < -0.3 is 4.90 Å². The van der Waals surface area contributed by atoms with Crippen molar-refractivity contribution in [1.82, 2.24) is 4.90 Å². The summed E-state index contributed by atoms with van der Waals surface area (Å²) >= 11 is 6.03. The summed E-state index contributed by atoms with van der Waals surface area (Å²) in [7, 11) is 1.80. The second-order valence-corrected chi connectivity index (χ2v) is 7.24. The number of carbonyl (C=O) groups is 2. The van der Waals surface area contributed by atoms with Crippen LogP contribution in [0, 0.1) is 0 Å². The lowest BCUT2D eigenvalue weighted by Gasteiger charge is -2.21. The molecule has 0 fully saturated rings. The number of rotatable bonds is 5. The van der Waals surface area contributed by atoms with Gasteiger partial charge in [0.2, 0.25) is 0 Å². The molecule has 144 valence electrons. The number of hydrogen-bond acceptors (Lipinski definition) is 3. The Balaban J connectivity index is 1.79. The average Bonchev–Trinajstić information content (AvgIpc) is 3.00. The van der Waals surface area contributed by atoms with Crippen molar-refractivity contribution in [3.8, 4) is 0 Å². The van der Waals surface area contributed by atoms with Gasteiger partial charge in [0.15, 0.2) is 0 Å². The van der Waals surface area contributed by atoms with Gasteiger partial charge in [0.05, 0.1) is 12.1 Å². The number of amides is 2. The normalized spacial score (nSPS) is 13.9. The molecule has 0 bridgehead atoms. The molecule has 0 radical (unpaired) electrons. The Bertz CT molecular complexity index is 1080. The van der Waals surface area contributed by atoms with Crippen LogP contribution in [0.1, 0.15) is 11.1 Å². The van der Waals surface area contributed by atoms with Crippen LogP contribution in [0.5, 0.6) is 0 Å². The zero-order valence-corrected chi connectivity index (χ0v) is 16.6. The Hall–Kier alpha value is -3.37. The van der Waals surface area contributed by atoms with E-state index in [9.17, 15) is 9.59 Å². The standard InChI is InChI=1S/C24H19ClN2O2/c1-26(20-10-6-3-7-11-20)22-21(18-12-14-19(25)15-13-18)23(28)27(24(22)29)16-17-8-4-2-5-9-17/h2-15H,16H2,1H3. The van der Waals surface area contributed by atoms with E-state index in [4.69, 9.17) is 11.6 Å². The van der Waals surface area contributed by atoms with Crippen molar-refractivity contribution in [3.63, 3.8) is 0 Å². The van der Waals surface area contributed by atoms with Crippen molar-refractivity contribution in [3.05, 3.63) is 107 Å². The molecule has 1 aliphatic heterocycles. The first-order valence-corrected chi connectivity index (χ1v) is 9.63. The second kappa shape index (κ2) is 7.94. The molecule has 0 aromatic heterocycles. The zero-order chi connectivity index (χ0) is 20.4. The van der Waals surface area contributed by atoms with Gasteiger partial charge in [-0.05, 0) is 35.4 Å². The molecular weight excluding hydrogens is 384 g/mol. The highest BCUT2D eigenvalue weighted by atomic mass is 35.5. The molecule has 3 aromatic carbocycles. The van der Waals surface area contributed by atoms with Crippen LogP contribution in [0.4, 0.5) is 5.69 Å². The van der Waals surface area contributed by atoms with E-state index >= 15 is 0 Å². The van der Waals surface area contributed by atoms with Gasteiger partial charge >= 0.3 is 0 Å². The third-order valence-corrected chi connectivity index (χ3v) is 5.19. The maximum atomic E-state index is 13.4. The van der Waals surface area contributed by atoms with E-state index in [0.29, 0.717) is 21.9 Å². The predicted molar refractivity (Wildman–Crippen MR) is 115 cm³/mol. The molecule has 0 saturated heterocycles. The molecule has 0 aliphatic carbocycles. The molecule has 29 heavy (non-hydrogen) atoms. The van der Waals surface area contributed by atoms with Crippen molar-refractivity contribution in [2.24, 2.45) is 0 Å². The van der Waals surface area contributed by atoms with Gasteiger partial charge in [0.1, 0.15) is 5.70 Å². The summed E-state index contributed by atoms with van der Waals surface area (Å²) in [6.07, 6.45) is 0. The highest BCUT2D eigenvalue weighted by Crippen LogP contribution is 2.34. The largest absolute Gasteiger partial charge is 0.339 e. The first kappa shape index (κ1) is 19.0. The number of hydrogen-bond donors (Lipinski definition) is 0. The van der Waals surface area contributed by atoms with Crippen molar-refractivity contribution in [1.29, 1.82) is 0 Å². The molecule has 5 heteroatoms. The first-order chi connectivity index (χ1) is 14.1. The van der Waals surface area contributed by atoms with E-state index in [1.165, 1.54) is 4.90 Å². The lowest BCUT2D eigenvalue weighted by Crippen LogP contribution is -2.33. The van der Waals surface area contributed by atoms with E-state index in [1.54, 1.807) is 36.2 Å². The molecule has 0 unspecified atom stereocenters. The van der Waals surface area contributed by atoms with Crippen LogP contribution < -0.4 is 4.90 Å². The van der Waals surface area contributed by atoms with Crippen LogP contribution in [0.25, 0.3) is 5.57 Å². The zero-order valence-electron chi connectivity index (χ0n) is 15.9. The third-order valence-electron chi connectivity index (χ3n) is 4.94. The molecule has 0 spiro atoms. The van der Waals surface area contributed by atoms with E-state index < -0.39 is 0 Å². The number of anilines is 1. The van der Waals surface area contributed by atoms with Crippen molar-refractivity contribution < 1.29 is 9.59 Å². The molecule has 1 aliphatic rings. The topological polar surface area (TPSA) is 40.6 Å². The van der Waals surface area contributed by atoms with Gasteiger partial charge in [-0.3, -0.25) is 14.5 Å². The van der Waals surface area contributed by atoms with Gasteiger partial charge in [0, 0.05) is 17.8 Å². The van der Waals surface area contributed by atoms with Crippen LogP contribution in [0.3, 0.4) is 0 Å². The highest BCUT2D eigenvalue weighted by molar-refractivity contribution is 6.37. The van der Waals surface area contributed by atoms with E-state index in [2.05, 4.69) is 0 Å². The number of likely N-dealkylation sites (N-methyl/N-ethyl adjacent to an activating group) is 1. The van der Waals surface area contributed by atoms with Gasteiger partial charge in [0.25, 0.3) is 11.8 Å². The minimum absolute atomic E-state index is 0.224. The Kier molecular flexibility index (Phi) is 5.19. The SMILES string of the molecule is CN(C1=C(c2ccc(Cl)cc2)C(=O)N(Cc2ccccc2)C1=O)c1ccccc1. The minimum atomic E-state index is -0.310. The Morgan fingerprint density at radius 1 is 0.793 bits per heavy atom. The highest BCUT2D eigenvalue weighted by Gasteiger charge is 2.41. The van der Waals surface area contributed by atoms with Crippen molar-refractivity contribution in [2.75, 3.05) is 11.9 Å². The number of benzene rings is 3. The molecule has 0 N–H and O–H groups in total. The molecule has 4 rings (SSSR count). The van der Waals surface area contributed by atoms with E-state index in [1.807, 2.05) is 60.7 Å². The average molecular weight is 403 g/mol. The molecular formula is C24H19ClN2O2. The fourth-order valence-corrected chi connectivity index (χ4v) is 3.57. The molecule has 0 atom stereocenters. The molecule has 0 saturated carbocycles. The number of halogens is 1. The maximum Gasteiger partial charge on any atom is 0.278 e. The van der Waals surface area contributed by atoms with Crippen LogP contribution in [0.2, 0.25) is 5.02 Å². The van der Waals surface area contributed by atoms with Crippen LogP contribution >= 0.6 is 11.6 Å². The fourth-order valence-electron chi connectivity index (χ4n) is 3.44. The minimum Gasteiger partial charge on any atom is -0.339 e. The summed E-state index contributed by atoms with van der Waals surface area (Å²) in [5.41, 5.74) is 3.14. The molecule has 1 heterocycles. The predicted octanol–water partition coefficient (Wildman–Crippen LogP) is 4.76. The van der Waals surface area contributed by atoms with Gasteiger partial charge in [-0.15, -0.1) is 0 Å². The van der Waals surface area contributed by atoms with Crippen LogP contribution in [0.15, 0.2) is 90.6 Å².